The summed E-state index contributed by atoms with van der Waals surface area (Å²) in [5.74, 6) is 4.06. The first kappa shape index (κ1) is 25.6. The Labute approximate surface area is 226 Å². The van der Waals surface area contributed by atoms with Crippen LogP contribution >= 0.6 is 0 Å². The first-order chi connectivity index (χ1) is 18.4. The number of pyridine rings is 1. The van der Waals surface area contributed by atoms with Crippen molar-refractivity contribution in [2.24, 2.45) is 46.2 Å². The number of fused-ring (bicyclic) bond motifs is 2. The fourth-order valence-corrected chi connectivity index (χ4v) is 8.60. The summed E-state index contributed by atoms with van der Waals surface area (Å²) in [6, 6.07) is 13.6. The van der Waals surface area contributed by atoms with Crippen molar-refractivity contribution in [1.82, 2.24) is 14.8 Å². The van der Waals surface area contributed by atoms with Crippen molar-refractivity contribution in [3.05, 3.63) is 66.1 Å². The second-order valence-electron chi connectivity index (χ2n) is 12.7. The molecule has 0 bridgehead atoms. The third kappa shape index (κ3) is 4.08. The normalized spacial score (nSPS) is 34.5. The highest BCUT2D eigenvalue weighted by Crippen LogP contribution is 2.63. The molecule has 3 aromatic rings. The summed E-state index contributed by atoms with van der Waals surface area (Å²) in [7, 11) is 0. The van der Waals surface area contributed by atoms with Gasteiger partial charge in [-0.25, -0.2) is 9.67 Å². The van der Waals surface area contributed by atoms with Crippen LogP contribution in [0.4, 0.5) is 0 Å². The van der Waals surface area contributed by atoms with Gasteiger partial charge in [0.05, 0.1) is 11.9 Å². The molecule has 2 saturated carbocycles. The number of hydrogen-bond donors (Lipinski definition) is 2. The zero-order chi connectivity index (χ0) is 26.5. The zero-order valence-electron chi connectivity index (χ0n) is 23.0. The molecule has 0 radical (unpaired) electrons. The Morgan fingerprint density at radius 3 is 2.55 bits per heavy atom. The smallest absolute Gasteiger partial charge is 0.219 e. The Balaban J connectivity index is 1.26. The number of nitrogens with two attached hydrogens (primary N) is 1. The number of rotatable bonds is 6. The van der Waals surface area contributed by atoms with Crippen molar-refractivity contribution in [3.8, 4) is 17.3 Å². The Morgan fingerprint density at radius 1 is 1.05 bits per heavy atom. The molecule has 3 aliphatic carbocycles. The molecule has 38 heavy (non-hydrogen) atoms. The number of hydrogen-bond acceptors (Lipinski definition) is 5. The van der Waals surface area contributed by atoms with Crippen molar-refractivity contribution in [2.45, 2.75) is 59.3 Å². The average Bonchev–Trinajstić information content (AvgIpc) is 3.48. The van der Waals surface area contributed by atoms with E-state index in [1.54, 1.807) is 6.20 Å². The molecule has 3 aliphatic rings. The third-order valence-electron chi connectivity index (χ3n) is 11.1. The summed E-state index contributed by atoms with van der Waals surface area (Å²) in [4.78, 5) is 4.24. The van der Waals surface area contributed by atoms with Crippen molar-refractivity contribution >= 4 is 0 Å². The van der Waals surface area contributed by atoms with Gasteiger partial charge in [-0.3, -0.25) is 0 Å². The molecular formula is C32H42N4O2. The van der Waals surface area contributed by atoms with Gasteiger partial charge in [0.1, 0.15) is 5.75 Å². The zero-order valence-corrected chi connectivity index (χ0v) is 23.0. The van der Waals surface area contributed by atoms with Gasteiger partial charge >= 0.3 is 0 Å². The summed E-state index contributed by atoms with van der Waals surface area (Å²) in [6.07, 6.45) is 10.7. The molecule has 6 nitrogen and oxygen atoms in total. The number of aromatic nitrogens is 3. The minimum atomic E-state index is 0.0210. The van der Waals surface area contributed by atoms with Gasteiger partial charge in [-0.15, -0.1) is 0 Å². The summed E-state index contributed by atoms with van der Waals surface area (Å²) in [5, 5.41) is 15.5. The van der Waals surface area contributed by atoms with Crippen molar-refractivity contribution < 1.29 is 9.84 Å². The third-order valence-corrected chi connectivity index (χ3v) is 11.1. The van der Waals surface area contributed by atoms with Gasteiger partial charge < -0.3 is 15.6 Å². The molecule has 6 rings (SSSR count). The molecule has 0 unspecified atom stereocenters. The fraction of sp³-hybridized carbons (Fsp3) is 0.562. The van der Waals surface area contributed by atoms with E-state index >= 15 is 0 Å². The first-order valence-electron chi connectivity index (χ1n) is 14.4. The van der Waals surface area contributed by atoms with Crippen LogP contribution in [0.1, 0.15) is 57.7 Å². The average molecular weight is 515 g/mol. The van der Waals surface area contributed by atoms with E-state index in [1.807, 2.05) is 42.5 Å². The van der Waals surface area contributed by atoms with Gasteiger partial charge in [0, 0.05) is 24.6 Å². The lowest BCUT2D eigenvalue weighted by Gasteiger charge is -2.56. The molecule has 1 aromatic carbocycles. The Morgan fingerprint density at radius 2 is 1.84 bits per heavy atom. The molecule has 2 heterocycles. The fourth-order valence-electron chi connectivity index (χ4n) is 8.60. The largest absolute Gasteiger partial charge is 0.439 e. The van der Waals surface area contributed by atoms with Crippen molar-refractivity contribution in [1.29, 1.82) is 0 Å². The molecule has 7 atom stereocenters. The molecule has 2 fully saturated rings. The maximum absolute atomic E-state index is 10.7. The molecule has 202 valence electrons. The summed E-state index contributed by atoms with van der Waals surface area (Å²) in [6.45, 7) is 8.36. The lowest BCUT2D eigenvalue weighted by Crippen LogP contribution is -2.53. The lowest BCUT2D eigenvalue weighted by molar-refractivity contribution is -0.0691. The van der Waals surface area contributed by atoms with Gasteiger partial charge in [-0.1, -0.05) is 26.8 Å². The van der Waals surface area contributed by atoms with Crippen LogP contribution in [0.5, 0.6) is 11.6 Å². The van der Waals surface area contributed by atoms with Crippen LogP contribution in [0.3, 0.4) is 0 Å². The number of nitrogens with zero attached hydrogens (tertiary/aromatic N) is 3. The van der Waals surface area contributed by atoms with E-state index in [4.69, 9.17) is 15.6 Å². The predicted molar refractivity (Wildman–Crippen MR) is 149 cm³/mol. The molecule has 3 N–H and O–H groups in total. The quantitative estimate of drug-likeness (QED) is 0.434. The van der Waals surface area contributed by atoms with Crippen LogP contribution in [0.2, 0.25) is 0 Å². The van der Waals surface area contributed by atoms with E-state index in [2.05, 4.69) is 36.6 Å². The van der Waals surface area contributed by atoms with Crippen LogP contribution in [0.15, 0.2) is 54.9 Å². The molecule has 0 saturated heterocycles. The highest BCUT2D eigenvalue weighted by Gasteiger charge is 2.57. The predicted octanol–water partition coefficient (Wildman–Crippen LogP) is 5.81. The minimum Gasteiger partial charge on any atom is -0.439 e. The van der Waals surface area contributed by atoms with Crippen LogP contribution in [-0.2, 0) is 12.8 Å². The highest BCUT2D eigenvalue weighted by atomic mass is 16.5. The van der Waals surface area contributed by atoms with Gasteiger partial charge in [-0.05, 0) is 121 Å². The SMILES string of the molecule is C[C@H]1CC[C@H]2[C@H](CN)[C@@H]([C@]3(C)Cc4cnn(-c5ccc(Oc6ccccn6)cc5)c4C[C@@H]3CO)CC[C@@]12C. The number of benzene rings is 1. The van der Waals surface area contributed by atoms with Gasteiger partial charge in [0.2, 0.25) is 5.88 Å². The summed E-state index contributed by atoms with van der Waals surface area (Å²) < 4.78 is 7.93. The van der Waals surface area contributed by atoms with Gasteiger partial charge in [0.25, 0.3) is 0 Å². The maximum atomic E-state index is 10.7. The van der Waals surface area contributed by atoms with Crippen LogP contribution in [-0.4, -0.2) is 33.0 Å². The van der Waals surface area contributed by atoms with Gasteiger partial charge in [-0.2, -0.15) is 5.10 Å². The van der Waals surface area contributed by atoms with E-state index in [0.29, 0.717) is 29.0 Å². The molecule has 6 heteroatoms. The second kappa shape index (κ2) is 9.80. The highest BCUT2D eigenvalue weighted by molar-refractivity contribution is 5.41. The lowest BCUT2D eigenvalue weighted by atomic mass is 9.49. The maximum Gasteiger partial charge on any atom is 0.219 e. The minimum absolute atomic E-state index is 0.0210. The molecule has 0 amide bonds. The van der Waals surface area contributed by atoms with Crippen LogP contribution < -0.4 is 10.5 Å². The number of aliphatic hydroxyl groups is 1. The Hall–Kier alpha value is -2.70. The second-order valence-corrected chi connectivity index (χ2v) is 12.7. The standard InChI is InChI=1S/C32H42N4O2/c1-21-7-12-27-26(18-33)28(13-14-31(21,27)2)32(3)17-22-19-35-36(29(22)16-23(32)20-37)24-8-10-25(11-9-24)38-30-6-4-5-15-34-30/h4-6,8-11,15,19,21,23,26-28,37H,7,12-14,16-18,20,33H2,1-3H3/t21-,23+,26-,27-,28-,31-,32+/m0/s1. The van der Waals surface area contributed by atoms with E-state index in [0.717, 1.165) is 36.7 Å². The van der Waals surface area contributed by atoms with Crippen molar-refractivity contribution in [2.75, 3.05) is 13.2 Å². The molecular weight excluding hydrogens is 472 g/mol. The number of ether oxygens (including phenoxy) is 1. The van der Waals surface area contributed by atoms with Gasteiger partial charge in [0.15, 0.2) is 0 Å². The van der Waals surface area contributed by atoms with Crippen LogP contribution in [0.25, 0.3) is 5.69 Å². The Kier molecular flexibility index (Phi) is 6.59. The number of aliphatic hydroxyl groups excluding tert-OH is 1. The first-order valence-corrected chi connectivity index (χ1v) is 14.4. The molecule has 0 spiro atoms. The monoisotopic (exact) mass is 514 g/mol. The topological polar surface area (TPSA) is 86.2 Å². The van der Waals surface area contributed by atoms with E-state index in [1.165, 1.54) is 36.9 Å². The Bertz CT molecular complexity index is 1260. The molecule has 2 aromatic heterocycles. The summed E-state index contributed by atoms with van der Waals surface area (Å²) >= 11 is 0. The van der Waals surface area contributed by atoms with E-state index in [9.17, 15) is 5.11 Å². The van der Waals surface area contributed by atoms with E-state index in [-0.39, 0.29) is 17.9 Å². The van der Waals surface area contributed by atoms with Crippen molar-refractivity contribution in [3.63, 3.8) is 0 Å². The summed E-state index contributed by atoms with van der Waals surface area (Å²) in [5.41, 5.74) is 10.5. The molecule has 0 aliphatic heterocycles. The van der Waals surface area contributed by atoms with Crippen LogP contribution in [0, 0.1) is 40.4 Å². The van der Waals surface area contributed by atoms with E-state index < -0.39 is 0 Å².